The summed E-state index contributed by atoms with van der Waals surface area (Å²) in [6.45, 7) is 4.03. The van der Waals surface area contributed by atoms with E-state index >= 15 is 0 Å². The molecule has 8 heteroatoms. The molecule has 29 heavy (non-hydrogen) atoms. The Morgan fingerprint density at radius 3 is 2.62 bits per heavy atom. The van der Waals surface area contributed by atoms with E-state index in [9.17, 15) is 8.42 Å². The first-order valence-electron chi connectivity index (χ1n) is 9.45. The van der Waals surface area contributed by atoms with Gasteiger partial charge in [0, 0.05) is 17.1 Å². The Hall–Kier alpha value is -1.73. The minimum absolute atomic E-state index is 0.0411. The number of fused-ring (bicyclic) bond motifs is 1. The molecule has 5 nitrogen and oxygen atoms in total. The topological polar surface area (TPSA) is 62.4 Å². The lowest BCUT2D eigenvalue weighted by molar-refractivity contribution is 0.256. The fourth-order valence-electron chi connectivity index (χ4n) is 3.96. The van der Waals surface area contributed by atoms with E-state index in [0.29, 0.717) is 5.92 Å². The standard InChI is InChI=1S/C21H22Cl2N2O3S/c1-13-10-15(28-29(26,27)19-5-3-4-18(22)20(19)23)11-16-17(12-24-21(13)16)14-6-8-25(2)9-7-14/h3-5,10-12,14,24H,6-9H2,1-2H3. The molecule has 0 unspecified atom stereocenters. The van der Waals surface area contributed by atoms with E-state index in [1.807, 2.05) is 13.1 Å². The number of nitrogens with zero attached hydrogens (tertiary/aromatic N) is 1. The van der Waals surface area contributed by atoms with E-state index in [1.54, 1.807) is 12.1 Å². The van der Waals surface area contributed by atoms with Gasteiger partial charge in [-0.2, -0.15) is 8.42 Å². The van der Waals surface area contributed by atoms with Crippen molar-refractivity contribution < 1.29 is 12.6 Å². The molecule has 4 rings (SSSR count). The molecule has 0 atom stereocenters. The molecule has 0 radical (unpaired) electrons. The second-order valence-corrected chi connectivity index (χ2v) is 9.87. The number of likely N-dealkylation sites (tertiary alicyclic amines) is 1. The van der Waals surface area contributed by atoms with Crippen LogP contribution in [0.2, 0.25) is 10.0 Å². The van der Waals surface area contributed by atoms with Gasteiger partial charge in [0.1, 0.15) is 10.6 Å². The molecule has 1 aromatic heterocycles. The summed E-state index contributed by atoms with van der Waals surface area (Å²) in [5, 5.41) is 1.13. The maximum atomic E-state index is 12.8. The van der Waals surface area contributed by atoms with Crippen LogP contribution >= 0.6 is 23.2 Å². The van der Waals surface area contributed by atoms with Gasteiger partial charge < -0.3 is 14.1 Å². The summed E-state index contributed by atoms with van der Waals surface area (Å²) < 4.78 is 31.1. The van der Waals surface area contributed by atoms with Crippen molar-refractivity contribution in [1.82, 2.24) is 9.88 Å². The van der Waals surface area contributed by atoms with Crippen LogP contribution in [-0.4, -0.2) is 38.4 Å². The monoisotopic (exact) mass is 452 g/mol. The Balaban J connectivity index is 1.71. The van der Waals surface area contributed by atoms with Crippen molar-refractivity contribution >= 4 is 44.2 Å². The van der Waals surface area contributed by atoms with Crippen molar-refractivity contribution in [3.63, 3.8) is 0 Å². The highest BCUT2D eigenvalue weighted by molar-refractivity contribution is 7.87. The van der Waals surface area contributed by atoms with E-state index in [4.69, 9.17) is 27.4 Å². The molecule has 0 bridgehead atoms. The molecule has 2 heterocycles. The van der Waals surface area contributed by atoms with Gasteiger partial charge in [0.15, 0.2) is 0 Å². The van der Waals surface area contributed by atoms with Crippen LogP contribution in [0.15, 0.2) is 41.4 Å². The zero-order valence-electron chi connectivity index (χ0n) is 16.2. The van der Waals surface area contributed by atoms with Crippen LogP contribution in [0.1, 0.15) is 29.9 Å². The SMILES string of the molecule is Cc1cc(OS(=O)(=O)c2cccc(Cl)c2Cl)cc2c(C3CCN(C)CC3)c[nH]c12. The predicted octanol–water partition coefficient (Wildman–Crippen LogP) is 5.36. The van der Waals surface area contributed by atoms with Crippen molar-refractivity contribution in [2.75, 3.05) is 20.1 Å². The van der Waals surface area contributed by atoms with Crippen molar-refractivity contribution in [2.24, 2.45) is 0 Å². The fraction of sp³-hybridized carbons (Fsp3) is 0.333. The summed E-state index contributed by atoms with van der Waals surface area (Å²) in [7, 11) is -1.98. The lowest BCUT2D eigenvalue weighted by atomic mass is 9.89. The van der Waals surface area contributed by atoms with Crippen LogP contribution in [0.3, 0.4) is 0 Å². The van der Waals surface area contributed by atoms with Gasteiger partial charge in [-0.3, -0.25) is 0 Å². The number of halogens is 2. The third-order valence-corrected chi connectivity index (χ3v) is 7.76. The van der Waals surface area contributed by atoms with Gasteiger partial charge in [-0.15, -0.1) is 0 Å². The highest BCUT2D eigenvalue weighted by Gasteiger charge is 2.24. The Kier molecular flexibility index (Phi) is 5.55. The number of piperidine rings is 1. The highest BCUT2D eigenvalue weighted by Crippen LogP contribution is 2.37. The average Bonchev–Trinajstić information content (AvgIpc) is 3.08. The molecule has 1 fully saturated rings. The second kappa shape index (κ2) is 7.84. The molecule has 2 aromatic carbocycles. The van der Waals surface area contributed by atoms with Crippen molar-refractivity contribution in [3.8, 4) is 5.75 Å². The molecular weight excluding hydrogens is 431 g/mol. The summed E-state index contributed by atoms with van der Waals surface area (Å²) in [6.07, 6.45) is 4.19. The van der Waals surface area contributed by atoms with E-state index in [2.05, 4.69) is 16.9 Å². The third-order valence-electron chi connectivity index (χ3n) is 5.54. The Morgan fingerprint density at radius 1 is 1.17 bits per heavy atom. The number of nitrogens with one attached hydrogen (secondary N) is 1. The maximum absolute atomic E-state index is 12.8. The summed E-state index contributed by atoms with van der Waals surface area (Å²) in [5.41, 5.74) is 3.13. The number of hydrogen-bond acceptors (Lipinski definition) is 4. The normalized spacial score (nSPS) is 16.4. The van der Waals surface area contributed by atoms with Crippen LogP contribution < -0.4 is 4.18 Å². The molecule has 0 amide bonds. The van der Waals surface area contributed by atoms with E-state index in [1.165, 1.54) is 23.8 Å². The van der Waals surface area contributed by atoms with Gasteiger partial charge in [-0.1, -0.05) is 29.3 Å². The highest BCUT2D eigenvalue weighted by atomic mass is 35.5. The molecule has 154 valence electrons. The van der Waals surface area contributed by atoms with E-state index in [-0.39, 0.29) is 20.7 Å². The number of benzene rings is 2. The average molecular weight is 453 g/mol. The lowest BCUT2D eigenvalue weighted by Crippen LogP contribution is -2.29. The summed E-state index contributed by atoms with van der Waals surface area (Å²) in [4.78, 5) is 5.53. The second-order valence-electron chi connectivity index (χ2n) is 7.57. The molecule has 0 spiro atoms. The molecule has 1 saturated heterocycles. The molecule has 0 saturated carbocycles. The van der Waals surface area contributed by atoms with Crippen LogP contribution in [0.25, 0.3) is 10.9 Å². The zero-order chi connectivity index (χ0) is 20.8. The predicted molar refractivity (Wildman–Crippen MR) is 117 cm³/mol. The van der Waals surface area contributed by atoms with E-state index < -0.39 is 10.1 Å². The van der Waals surface area contributed by atoms with Crippen molar-refractivity contribution in [2.45, 2.75) is 30.6 Å². The van der Waals surface area contributed by atoms with E-state index in [0.717, 1.165) is 42.4 Å². The largest absolute Gasteiger partial charge is 0.379 e. The number of aryl methyl sites for hydroxylation is 1. The smallest absolute Gasteiger partial charge is 0.340 e. The zero-order valence-corrected chi connectivity index (χ0v) is 18.5. The molecule has 1 N–H and O–H groups in total. The quantitative estimate of drug-likeness (QED) is 0.541. The summed E-state index contributed by atoms with van der Waals surface area (Å²) in [6, 6.07) is 7.96. The van der Waals surface area contributed by atoms with Gasteiger partial charge in [0.05, 0.1) is 10.0 Å². The summed E-state index contributed by atoms with van der Waals surface area (Å²) in [5.74, 6) is 0.702. The van der Waals surface area contributed by atoms with Crippen LogP contribution in [0.5, 0.6) is 5.75 Å². The maximum Gasteiger partial charge on any atom is 0.340 e. The molecular formula is C21H22Cl2N2O3S. The van der Waals surface area contributed by atoms with Gasteiger partial charge in [-0.05, 0) is 81.2 Å². The van der Waals surface area contributed by atoms with Gasteiger partial charge >= 0.3 is 10.1 Å². The van der Waals surface area contributed by atoms with Gasteiger partial charge in [0.2, 0.25) is 0 Å². The molecule has 3 aromatic rings. The Morgan fingerprint density at radius 2 is 1.90 bits per heavy atom. The number of hydrogen-bond donors (Lipinski definition) is 1. The van der Waals surface area contributed by atoms with Gasteiger partial charge in [0.25, 0.3) is 0 Å². The fourth-order valence-corrected chi connectivity index (χ4v) is 5.61. The number of rotatable bonds is 4. The Labute approximate surface area is 180 Å². The number of aromatic nitrogens is 1. The molecule has 1 aliphatic heterocycles. The van der Waals surface area contributed by atoms with Crippen LogP contribution in [0, 0.1) is 6.92 Å². The first-order chi connectivity index (χ1) is 13.8. The first kappa shape index (κ1) is 20.5. The number of aromatic amines is 1. The van der Waals surface area contributed by atoms with Crippen molar-refractivity contribution in [1.29, 1.82) is 0 Å². The molecule has 0 aliphatic carbocycles. The van der Waals surface area contributed by atoms with Gasteiger partial charge in [-0.25, -0.2) is 0 Å². The first-order valence-corrected chi connectivity index (χ1v) is 11.6. The minimum Gasteiger partial charge on any atom is -0.379 e. The van der Waals surface area contributed by atoms with Crippen LogP contribution in [0.4, 0.5) is 0 Å². The van der Waals surface area contributed by atoms with Crippen molar-refractivity contribution in [3.05, 3.63) is 57.7 Å². The van der Waals surface area contributed by atoms with Crippen LogP contribution in [-0.2, 0) is 10.1 Å². The number of H-pyrrole nitrogens is 1. The third kappa shape index (κ3) is 3.99. The summed E-state index contributed by atoms with van der Waals surface area (Å²) >= 11 is 12.1. The Bertz CT molecular complexity index is 1170. The molecule has 1 aliphatic rings. The minimum atomic E-state index is -4.11. The lowest BCUT2D eigenvalue weighted by Gasteiger charge is -2.28.